The number of rotatable bonds is 7. The summed E-state index contributed by atoms with van der Waals surface area (Å²) in [5.41, 5.74) is 0.224. The second-order valence-corrected chi connectivity index (χ2v) is 4.28. The van der Waals surface area contributed by atoms with E-state index in [0.29, 0.717) is 13.2 Å². The Labute approximate surface area is 88.2 Å². The van der Waals surface area contributed by atoms with Gasteiger partial charge in [-0.1, -0.05) is 0 Å². The molecule has 1 aliphatic rings. The number of hydrogen-bond acceptors (Lipinski definition) is 2. The van der Waals surface area contributed by atoms with Gasteiger partial charge in [-0.15, -0.1) is 0 Å². The Hall–Kier alpha value is -0.290. The molecule has 0 aliphatic heterocycles. The molecule has 1 rings (SSSR count). The maximum atomic E-state index is 11.8. The summed E-state index contributed by atoms with van der Waals surface area (Å²) < 4.78 is 40.5. The maximum Gasteiger partial charge on any atom is 0.390 e. The van der Waals surface area contributed by atoms with Gasteiger partial charge < -0.3 is 10.1 Å². The van der Waals surface area contributed by atoms with Crippen molar-refractivity contribution in [1.29, 1.82) is 0 Å². The topological polar surface area (TPSA) is 21.3 Å². The van der Waals surface area contributed by atoms with Gasteiger partial charge in [-0.3, -0.25) is 0 Å². The summed E-state index contributed by atoms with van der Waals surface area (Å²) in [4.78, 5) is 0. The molecule has 1 N–H and O–H groups in total. The van der Waals surface area contributed by atoms with Crippen molar-refractivity contribution < 1.29 is 17.9 Å². The fourth-order valence-corrected chi connectivity index (χ4v) is 1.59. The molecule has 0 bridgehead atoms. The van der Waals surface area contributed by atoms with Gasteiger partial charge >= 0.3 is 6.18 Å². The summed E-state index contributed by atoms with van der Waals surface area (Å²) in [6.07, 6.45) is -1.63. The molecule has 1 fully saturated rings. The highest BCUT2D eigenvalue weighted by molar-refractivity contribution is 4.94. The SMILES string of the molecule is COCCC1(CNCCC(F)(F)F)CC1. The summed E-state index contributed by atoms with van der Waals surface area (Å²) in [7, 11) is 1.65. The van der Waals surface area contributed by atoms with Gasteiger partial charge in [0.05, 0.1) is 6.42 Å². The first-order chi connectivity index (χ1) is 6.97. The molecule has 1 saturated carbocycles. The van der Waals surface area contributed by atoms with Gasteiger partial charge in [-0.25, -0.2) is 0 Å². The first-order valence-corrected chi connectivity index (χ1v) is 5.24. The van der Waals surface area contributed by atoms with Crippen LogP contribution >= 0.6 is 0 Å². The van der Waals surface area contributed by atoms with Crippen molar-refractivity contribution in [2.24, 2.45) is 5.41 Å². The van der Waals surface area contributed by atoms with E-state index in [1.54, 1.807) is 7.11 Å². The Kier molecular flexibility index (Phi) is 4.40. The van der Waals surface area contributed by atoms with Crippen LogP contribution in [0.3, 0.4) is 0 Å². The number of halogens is 3. The van der Waals surface area contributed by atoms with Crippen LogP contribution in [-0.2, 0) is 4.74 Å². The van der Waals surface area contributed by atoms with Gasteiger partial charge in [0.15, 0.2) is 0 Å². The van der Waals surface area contributed by atoms with E-state index in [1.165, 1.54) is 0 Å². The van der Waals surface area contributed by atoms with E-state index in [2.05, 4.69) is 5.32 Å². The molecule has 0 amide bonds. The van der Waals surface area contributed by atoms with Crippen LogP contribution in [-0.4, -0.2) is 33.0 Å². The van der Waals surface area contributed by atoms with E-state index in [4.69, 9.17) is 4.74 Å². The average molecular weight is 225 g/mol. The van der Waals surface area contributed by atoms with Crippen LogP contribution in [0.4, 0.5) is 13.2 Å². The second kappa shape index (κ2) is 5.16. The lowest BCUT2D eigenvalue weighted by atomic mass is 10.0. The smallest absolute Gasteiger partial charge is 0.385 e. The third-order valence-corrected chi connectivity index (χ3v) is 2.88. The molecule has 1 aliphatic carbocycles. The number of hydrogen-bond donors (Lipinski definition) is 1. The van der Waals surface area contributed by atoms with Crippen molar-refractivity contribution >= 4 is 0 Å². The Balaban J connectivity index is 2.05. The molecule has 5 heteroatoms. The molecule has 0 aromatic carbocycles. The standard InChI is InChI=1S/C10H18F3NO/c1-15-7-5-9(2-3-9)8-14-6-4-10(11,12)13/h14H,2-8H2,1H3. The zero-order valence-corrected chi connectivity index (χ0v) is 8.99. The van der Waals surface area contributed by atoms with Crippen LogP contribution in [0.15, 0.2) is 0 Å². The fraction of sp³-hybridized carbons (Fsp3) is 1.00. The molecule has 0 spiro atoms. The summed E-state index contributed by atoms with van der Waals surface area (Å²) >= 11 is 0. The maximum absolute atomic E-state index is 11.8. The number of methoxy groups -OCH3 is 1. The summed E-state index contributed by atoms with van der Waals surface area (Å²) in [6.45, 7) is 1.41. The van der Waals surface area contributed by atoms with Crippen LogP contribution in [0.1, 0.15) is 25.7 Å². The molecular formula is C10H18F3NO. The predicted octanol–water partition coefficient (Wildman–Crippen LogP) is 2.35. The van der Waals surface area contributed by atoms with Crippen molar-refractivity contribution in [1.82, 2.24) is 5.32 Å². The van der Waals surface area contributed by atoms with Crippen LogP contribution in [0.5, 0.6) is 0 Å². The van der Waals surface area contributed by atoms with Crippen LogP contribution in [0.25, 0.3) is 0 Å². The highest BCUT2D eigenvalue weighted by Gasteiger charge is 2.41. The number of ether oxygens (including phenoxy) is 1. The summed E-state index contributed by atoms with van der Waals surface area (Å²) in [5, 5.41) is 2.88. The Morgan fingerprint density at radius 3 is 2.47 bits per heavy atom. The van der Waals surface area contributed by atoms with Gasteiger partial charge in [-0.05, 0) is 24.7 Å². The third-order valence-electron chi connectivity index (χ3n) is 2.88. The van der Waals surface area contributed by atoms with Gasteiger partial charge in [0, 0.05) is 26.8 Å². The normalized spacial score (nSPS) is 19.2. The Morgan fingerprint density at radius 1 is 1.33 bits per heavy atom. The van der Waals surface area contributed by atoms with E-state index in [9.17, 15) is 13.2 Å². The van der Waals surface area contributed by atoms with Crippen molar-refractivity contribution in [3.05, 3.63) is 0 Å². The Bertz CT molecular complexity index is 190. The molecule has 0 radical (unpaired) electrons. The van der Waals surface area contributed by atoms with E-state index < -0.39 is 12.6 Å². The minimum atomic E-state index is -4.05. The molecule has 0 heterocycles. The van der Waals surface area contributed by atoms with Gasteiger partial charge in [0.1, 0.15) is 0 Å². The van der Waals surface area contributed by atoms with Crippen LogP contribution in [0, 0.1) is 5.41 Å². The number of nitrogens with one attached hydrogen (secondary N) is 1. The molecule has 90 valence electrons. The molecule has 0 unspecified atom stereocenters. The highest BCUT2D eigenvalue weighted by Crippen LogP contribution is 2.48. The van der Waals surface area contributed by atoms with Gasteiger partial charge in [0.2, 0.25) is 0 Å². The lowest BCUT2D eigenvalue weighted by Crippen LogP contribution is -2.28. The molecule has 0 aromatic heterocycles. The second-order valence-electron chi connectivity index (χ2n) is 4.28. The quantitative estimate of drug-likeness (QED) is 0.671. The van der Waals surface area contributed by atoms with Crippen LogP contribution in [0.2, 0.25) is 0 Å². The zero-order chi connectivity index (χ0) is 11.4. The van der Waals surface area contributed by atoms with E-state index in [0.717, 1.165) is 19.3 Å². The van der Waals surface area contributed by atoms with Crippen molar-refractivity contribution in [3.63, 3.8) is 0 Å². The van der Waals surface area contributed by atoms with E-state index in [1.807, 2.05) is 0 Å². The lowest BCUT2D eigenvalue weighted by molar-refractivity contribution is -0.133. The first kappa shape index (κ1) is 12.8. The van der Waals surface area contributed by atoms with Crippen molar-refractivity contribution in [2.75, 3.05) is 26.8 Å². The summed E-state index contributed by atoms with van der Waals surface area (Å²) in [5.74, 6) is 0. The molecule has 2 nitrogen and oxygen atoms in total. The predicted molar refractivity (Wildman–Crippen MR) is 51.7 cm³/mol. The average Bonchev–Trinajstić information content (AvgIpc) is 2.89. The largest absolute Gasteiger partial charge is 0.390 e. The lowest BCUT2D eigenvalue weighted by Gasteiger charge is -2.15. The molecule has 0 atom stereocenters. The van der Waals surface area contributed by atoms with Crippen molar-refractivity contribution in [2.45, 2.75) is 31.9 Å². The summed E-state index contributed by atoms with van der Waals surface area (Å²) in [6, 6.07) is 0. The zero-order valence-electron chi connectivity index (χ0n) is 8.99. The van der Waals surface area contributed by atoms with E-state index in [-0.39, 0.29) is 12.0 Å². The van der Waals surface area contributed by atoms with E-state index >= 15 is 0 Å². The highest BCUT2D eigenvalue weighted by atomic mass is 19.4. The Morgan fingerprint density at radius 2 is 2.00 bits per heavy atom. The van der Waals surface area contributed by atoms with Gasteiger partial charge in [-0.2, -0.15) is 13.2 Å². The minimum Gasteiger partial charge on any atom is -0.385 e. The number of alkyl halides is 3. The minimum absolute atomic E-state index is 0.0260. The first-order valence-electron chi connectivity index (χ1n) is 5.24. The fourth-order valence-electron chi connectivity index (χ4n) is 1.59. The third kappa shape index (κ3) is 5.37. The molecule has 0 saturated heterocycles. The molecule has 15 heavy (non-hydrogen) atoms. The molecule has 0 aromatic rings. The van der Waals surface area contributed by atoms with Gasteiger partial charge in [0.25, 0.3) is 0 Å². The van der Waals surface area contributed by atoms with Crippen LogP contribution < -0.4 is 5.32 Å². The van der Waals surface area contributed by atoms with Crippen molar-refractivity contribution in [3.8, 4) is 0 Å². The monoisotopic (exact) mass is 225 g/mol. The molecular weight excluding hydrogens is 207 g/mol.